The minimum Gasteiger partial charge on any atom is -0.337 e. The van der Waals surface area contributed by atoms with Gasteiger partial charge >= 0.3 is 0 Å². The van der Waals surface area contributed by atoms with E-state index in [0.29, 0.717) is 22.8 Å². The summed E-state index contributed by atoms with van der Waals surface area (Å²) in [6.45, 7) is 0.361. The van der Waals surface area contributed by atoms with Crippen molar-refractivity contribution >= 4 is 33.2 Å². The van der Waals surface area contributed by atoms with Crippen molar-refractivity contribution in [2.45, 2.75) is 11.4 Å². The van der Waals surface area contributed by atoms with E-state index in [2.05, 4.69) is 0 Å². The Morgan fingerprint density at radius 2 is 1.59 bits per heavy atom. The third kappa shape index (κ3) is 4.78. The lowest BCUT2D eigenvalue weighted by Crippen LogP contribution is -2.28. The van der Waals surface area contributed by atoms with E-state index in [1.165, 1.54) is 28.4 Å². The van der Waals surface area contributed by atoms with Gasteiger partial charge < -0.3 is 4.90 Å². The van der Waals surface area contributed by atoms with E-state index in [9.17, 15) is 13.2 Å². The topological polar surface area (TPSA) is 57.7 Å². The molecule has 0 radical (unpaired) electrons. The predicted molar refractivity (Wildman–Crippen MR) is 116 cm³/mol. The molecule has 1 amide bonds. The fraction of sp³-hybridized carbons (Fsp3) is 0.136. The van der Waals surface area contributed by atoms with Crippen LogP contribution in [-0.4, -0.2) is 33.3 Å². The minimum absolute atomic E-state index is 0.0610. The summed E-state index contributed by atoms with van der Waals surface area (Å²) < 4.78 is 27.2. The van der Waals surface area contributed by atoms with Gasteiger partial charge in [-0.3, -0.25) is 9.10 Å². The number of sulfonamides is 1. The molecule has 0 aliphatic rings. The van der Waals surface area contributed by atoms with Gasteiger partial charge in [0.1, 0.15) is 0 Å². The molecule has 0 atom stereocenters. The van der Waals surface area contributed by atoms with Crippen LogP contribution in [0.2, 0.25) is 5.02 Å². The summed E-state index contributed by atoms with van der Waals surface area (Å²) in [6.07, 6.45) is 0. The van der Waals surface area contributed by atoms with Crippen molar-refractivity contribution in [3.63, 3.8) is 0 Å². The van der Waals surface area contributed by atoms with Crippen molar-refractivity contribution < 1.29 is 13.2 Å². The van der Waals surface area contributed by atoms with Crippen molar-refractivity contribution in [3.8, 4) is 0 Å². The van der Waals surface area contributed by atoms with Gasteiger partial charge in [-0.25, -0.2) is 8.42 Å². The zero-order valence-electron chi connectivity index (χ0n) is 16.1. The van der Waals surface area contributed by atoms with Gasteiger partial charge in [0.05, 0.1) is 10.6 Å². The number of hydrogen-bond donors (Lipinski definition) is 0. The molecule has 0 spiro atoms. The second kappa shape index (κ2) is 8.68. The SMILES string of the molecule is CN(Cc1cccc(Cl)c1)C(=O)c1cccc(S(=O)(=O)N(C)c2ccccc2)c1. The molecule has 0 N–H and O–H groups in total. The first-order valence-corrected chi connectivity index (χ1v) is 10.7. The number of rotatable bonds is 6. The summed E-state index contributed by atoms with van der Waals surface area (Å²) in [5.41, 5.74) is 1.74. The molecule has 150 valence electrons. The lowest BCUT2D eigenvalue weighted by Gasteiger charge is -2.21. The lowest BCUT2D eigenvalue weighted by molar-refractivity contribution is 0.0785. The Bertz CT molecular complexity index is 1120. The molecule has 0 saturated carbocycles. The average Bonchev–Trinajstić information content (AvgIpc) is 2.73. The summed E-state index contributed by atoms with van der Waals surface area (Å²) >= 11 is 6.00. The Balaban J connectivity index is 1.84. The van der Waals surface area contributed by atoms with E-state index < -0.39 is 10.0 Å². The molecule has 0 bridgehead atoms. The van der Waals surface area contributed by atoms with Crippen molar-refractivity contribution in [1.29, 1.82) is 0 Å². The molecule has 5 nitrogen and oxygen atoms in total. The van der Waals surface area contributed by atoms with Gasteiger partial charge in [0, 0.05) is 31.2 Å². The fourth-order valence-electron chi connectivity index (χ4n) is 2.93. The molecular weight excluding hydrogens is 408 g/mol. The third-order valence-electron chi connectivity index (χ3n) is 4.51. The zero-order valence-corrected chi connectivity index (χ0v) is 17.7. The average molecular weight is 429 g/mol. The van der Waals surface area contributed by atoms with Crippen LogP contribution in [0.25, 0.3) is 0 Å². The zero-order chi connectivity index (χ0) is 21.0. The third-order valence-corrected chi connectivity index (χ3v) is 6.53. The monoisotopic (exact) mass is 428 g/mol. The van der Waals surface area contributed by atoms with Gasteiger partial charge in [-0.1, -0.05) is 48.0 Å². The summed E-state index contributed by atoms with van der Waals surface area (Å²) in [5.74, 6) is -0.274. The molecule has 3 aromatic carbocycles. The highest BCUT2D eigenvalue weighted by molar-refractivity contribution is 7.92. The molecule has 0 heterocycles. The number of benzene rings is 3. The van der Waals surface area contributed by atoms with Gasteiger partial charge in [-0.05, 0) is 48.0 Å². The maximum atomic E-state index is 13.0. The Labute approximate surface area is 176 Å². The maximum absolute atomic E-state index is 13.0. The van der Waals surface area contributed by atoms with E-state index in [4.69, 9.17) is 11.6 Å². The number of amides is 1. The molecule has 0 aromatic heterocycles. The van der Waals surface area contributed by atoms with Crippen molar-refractivity contribution in [2.24, 2.45) is 0 Å². The lowest BCUT2D eigenvalue weighted by atomic mass is 10.1. The highest BCUT2D eigenvalue weighted by Gasteiger charge is 2.23. The first-order chi connectivity index (χ1) is 13.8. The Morgan fingerprint density at radius 1 is 0.897 bits per heavy atom. The van der Waals surface area contributed by atoms with E-state index >= 15 is 0 Å². The minimum atomic E-state index is -3.79. The van der Waals surface area contributed by atoms with Crippen LogP contribution in [0.3, 0.4) is 0 Å². The van der Waals surface area contributed by atoms with Crippen LogP contribution >= 0.6 is 11.6 Å². The number of halogens is 1. The summed E-state index contributed by atoms with van der Waals surface area (Å²) in [4.78, 5) is 14.4. The second-order valence-electron chi connectivity index (χ2n) is 6.63. The molecule has 0 saturated heterocycles. The summed E-state index contributed by atoms with van der Waals surface area (Å²) in [6, 6.07) is 22.1. The van der Waals surface area contributed by atoms with Gasteiger partial charge in [0.25, 0.3) is 15.9 Å². The van der Waals surface area contributed by atoms with E-state index in [-0.39, 0.29) is 10.8 Å². The summed E-state index contributed by atoms with van der Waals surface area (Å²) in [7, 11) is -0.635. The molecule has 0 unspecified atom stereocenters. The van der Waals surface area contributed by atoms with Crippen molar-refractivity contribution in [3.05, 3.63) is 95.0 Å². The van der Waals surface area contributed by atoms with Gasteiger partial charge in [0.15, 0.2) is 0 Å². The Kier molecular flexibility index (Phi) is 6.25. The predicted octanol–water partition coefficient (Wildman–Crippen LogP) is 4.44. The largest absolute Gasteiger partial charge is 0.337 e. The molecule has 29 heavy (non-hydrogen) atoms. The first kappa shape index (κ1) is 20.9. The highest BCUT2D eigenvalue weighted by Crippen LogP contribution is 2.23. The molecule has 0 fully saturated rings. The number of para-hydroxylation sites is 1. The second-order valence-corrected chi connectivity index (χ2v) is 9.03. The van der Waals surface area contributed by atoms with Crippen LogP contribution in [0.15, 0.2) is 83.8 Å². The molecule has 3 rings (SSSR count). The van der Waals surface area contributed by atoms with E-state index in [0.717, 1.165) is 5.56 Å². The van der Waals surface area contributed by atoms with Gasteiger partial charge in [-0.15, -0.1) is 0 Å². The maximum Gasteiger partial charge on any atom is 0.264 e. The van der Waals surface area contributed by atoms with Crippen LogP contribution in [0.5, 0.6) is 0 Å². The van der Waals surface area contributed by atoms with E-state index in [1.807, 2.05) is 18.2 Å². The molecule has 3 aromatic rings. The first-order valence-electron chi connectivity index (χ1n) is 8.93. The van der Waals surface area contributed by atoms with Crippen LogP contribution in [0.1, 0.15) is 15.9 Å². The van der Waals surface area contributed by atoms with Crippen molar-refractivity contribution in [1.82, 2.24) is 4.90 Å². The Morgan fingerprint density at radius 3 is 2.28 bits per heavy atom. The van der Waals surface area contributed by atoms with Crippen LogP contribution in [0.4, 0.5) is 5.69 Å². The molecule has 7 heteroatoms. The van der Waals surface area contributed by atoms with Gasteiger partial charge in [0.2, 0.25) is 0 Å². The van der Waals surface area contributed by atoms with Crippen molar-refractivity contribution in [2.75, 3.05) is 18.4 Å². The van der Waals surface area contributed by atoms with Crippen LogP contribution in [-0.2, 0) is 16.6 Å². The number of carbonyl (C=O) groups is 1. The quantitative estimate of drug-likeness (QED) is 0.583. The van der Waals surface area contributed by atoms with E-state index in [1.54, 1.807) is 55.6 Å². The highest BCUT2D eigenvalue weighted by atomic mass is 35.5. The fourth-order valence-corrected chi connectivity index (χ4v) is 4.38. The molecular formula is C22H21ClN2O3S. The number of nitrogens with zero attached hydrogens (tertiary/aromatic N) is 2. The smallest absolute Gasteiger partial charge is 0.264 e. The normalized spacial score (nSPS) is 11.1. The van der Waals surface area contributed by atoms with Crippen LogP contribution in [0, 0.1) is 0 Å². The number of carbonyl (C=O) groups excluding carboxylic acids is 1. The number of anilines is 1. The summed E-state index contributed by atoms with van der Waals surface area (Å²) in [5, 5.41) is 0.598. The molecule has 0 aliphatic heterocycles. The van der Waals surface area contributed by atoms with Crippen LogP contribution < -0.4 is 4.31 Å². The Hall–Kier alpha value is -2.83. The standard InChI is InChI=1S/C22H21ClN2O3S/c1-24(16-17-8-6-10-19(23)14-17)22(26)18-9-7-13-21(15-18)29(27,28)25(2)20-11-4-3-5-12-20/h3-15H,16H2,1-2H3. The molecule has 0 aliphatic carbocycles. The number of hydrogen-bond acceptors (Lipinski definition) is 3. The van der Waals surface area contributed by atoms with Gasteiger partial charge in [-0.2, -0.15) is 0 Å².